The van der Waals surface area contributed by atoms with Crippen molar-refractivity contribution in [2.24, 2.45) is 5.73 Å². The zero-order valence-electron chi connectivity index (χ0n) is 9.55. The number of hydrogen-bond donors (Lipinski definition) is 2. The Labute approximate surface area is 104 Å². The van der Waals surface area contributed by atoms with Crippen molar-refractivity contribution in [1.82, 2.24) is 4.98 Å². The SMILES string of the molecule is CC1OCCC1Sc1ncc(N)cc1C(N)=O. The average molecular weight is 253 g/mol. The van der Waals surface area contributed by atoms with Gasteiger partial charge in [-0.15, -0.1) is 0 Å². The Hall–Kier alpha value is -1.27. The van der Waals surface area contributed by atoms with Crippen molar-refractivity contribution in [2.45, 2.75) is 29.7 Å². The molecule has 0 aliphatic carbocycles. The summed E-state index contributed by atoms with van der Waals surface area (Å²) in [6.45, 7) is 2.77. The number of primary amides is 1. The van der Waals surface area contributed by atoms with Crippen molar-refractivity contribution in [3.05, 3.63) is 17.8 Å². The lowest BCUT2D eigenvalue weighted by atomic mass is 10.2. The highest BCUT2D eigenvalue weighted by molar-refractivity contribution is 8.00. The zero-order chi connectivity index (χ0) is 12.4. The number of aromatic nitrogens is 1. The molecule has 1 aliphatic heterocycles. The minimum absolute atomic E-state index is 0.167. The number of carbonyl (C=O) groups is 1. The molecule has 1 amide bonds. The van der Waals surface area contributed by atoms with Crippen LogP contribution in [0.25, 0.3) is 0 Å². The van der Waals surface area contributed by atoms with Crippen LogP contribution in [0.1, 0.15) is 23.7 Å². The highest BCUT2D eigenvalue weighted by Crippen LogP contribution is 2.33. The fourth-order valence-corrected chi connectivity index (χ4v) is 2.92. The largest absolute Gasteiger partial charge is 0.397 e. The maximum absolute atomic E-state index is 11.3. The van der Waals surface area contributed by atoms with Crippen LogP contribution < -0.4 is 11.5 Å². The molecule has 2 heterocycles. The van der Waals surface area contributed by atoms with E-state index in [0.717, 1.165) is 13.0 Å². The van der Waals surface area contributed by atoms with E-state index >= 15 is 0 Å². The molecule has 17 heavy (non-hydrogen) atoms. The van der Waals surface area contributed by atoms with Gasteiger partial charge in [-0.2, -0.15) is 0 Å². The van der Waals surface area contributed by atoms with Crippen molar-refractivity contribution < 1.29 is 9.53 Å². The van der Waals surface area contributed by atoms with Crippen LogP contribution in [-0.2, 0) is 4.74 Å². The second kappa shape index (κ2) is 4.93. The molecule has 1 aliphatic rings. The van der Waals surface area contributed by atoms with Crippen LogP contribution in [0.3, 0.4) is 0 Å². The normalized spacial score (nSPS) is 23.8. The third kappa shape index (κ3) is 2.70. The highest BCUT2D eigenvalue weighted by Gasteiger charge is 2.27. The summed E-state index contributed by atoms with van der Waals surface area (Å²) in [5, 5.41) is 0.943. The molecule has 2 rings (SSSR count). The maximum Gasteiger partial charge on any atom is 0.251 e. The first kappa shape index (κ1) is 12.2. The van der Waals surface area contributed by atoms with Crippen molar-refractivity contribution in [2.75, 3.05) is 12.3 Å². The standard InChI is InChI=1S/C11H15N3O2S/c1-6-9(2-3-16-6)17-11-8(10(13)15)4-7(12)5-14-11/h4-6,9H,2-3,12H2,1H3,(H2,13,15). The molecule has 0 aromatic carbocycles. The molecule has 0 spiro atoms. The van der Waals surface area contributed by atoms with Gasteiger partial charge >= 0.3 is 0 Å². The molecular formula is C11H15N3O2S. The van der Waals surface area contributed by atoms with E-state index in [1.54, 1.807) is 6.07 Å². The van der Waals surface area contributed by atoms with Crippen LogP contribution >= 0.6 is 11.8 Å². The smallest absolute Gasteiger partial charge is 0.251 e. The highest BCUT2D eigenvalue weighted by atomic mass is 32.2. The molecule has 5 nitrogen and oxygen atoms in total. The first-order chi connectivity index (χ1) is 8.08. The lowest BCUT2D eigenvalue weighted by Crippen LogP contribution is -2.17. The molecule has 2 unspecified atom stereocenters. The van der Waals surface area contributed by atoms with Gasteiger partial charge < -0.3 is 16.2 Å². The summed E-state index contributed by atoms with van der Waals surface area (Å²) in [6.07, 6.45) is 2.66. The van der Waals surface area contributed by atoms with E-state index < -0.39 is 5.91 Å². The summed E-state index contributed by atoms with van der Waals surface area (Å²) in [5.41, 5.74) is 11.7. The predicted octanol–water partition coefficient (Wildman–Crippen LogP) is 1.03. The molecular weight excluding hydrogens is 238 g/mol. The number of anilines is 1. The second-order valence-corrected chi connectivity index (χ2v) is 5.23. The van der Waals surface area contributed by atoms with E-state index in [9.17, 15) is 4.79 Å². The lowest BCUT2D eigenvalue weighted by Gasteiger charge is -2.14. The van der Waals surface area contributed by atoms with Crippen LogP contribution in [0.15, 0.2) is 17.3 Å². The number of nitrogen functional groups attached to an aromatic ring is 1. The molecule has 1 fully saturated rings. The monoisotopic (exact) mass is 253 g/mol. The van der Waals surface area contributed by atoms with Crippen molar-refractivity contribution >= 4 is 23.4 Å². The molecule has 4 N–H and O–H groups in total. The quantitative estimate of drug-likeness (QED) is 0.839. The Kier molecular flexibility index (Phi) is 3.54. The Morgan fingerprint density at radius 2 is 2.41 bits per heavy atom. The van der Waals surface area contributed by atoms with Crippen LogP contribution in [0.4, 0.5) is 5.69 Å². The van der Waals surface area contributed by atoms with E-state index in [2.05, 4.69) is 4.98 Å². The third-order valence-electron chi connectivity index (χ3n) is 2.71. The number of carbonyl (C=O) groups excluding carboxylic acids is 1. The van der Waals surface area contributed by atoms with Crippen LogP contribution in [0, 0.1) is 0 Å². The molecule has 1 saturated heterocycles. The fourth-order valence-electron chi connectivity index (χ4n) is 1.75. The Morgan fingerprint density at radius 3 is 3.00 bits per heavy atom. The van der Waals surface area contributed by atoms with E-state index in [0.29, 0.717) is 21.5 Å². The number of rotatable bonds is 3. The second-order valence-electron chi connectivity index (χ2n) is 4.01. The van der Waals surface area contributed by atoms with Gasteiger partial charge in [-0.1, -0.05) is 11.8 Å². The minimum atomic E-state index is -0.501. The minimum Gasteiger partial charge on any atom is -0.397 e. The first-order valence-corrected chi connectivity index (χ1v) is 6.29. The summed E-state index contributed by atoms with van der Waals surface area (Å²) >= 11 is 1.53. The third-order valence-corrected chi connectivity index (χ3v) is 4.18. The van der Waals surface area contributed by atoms with Crippen molar-refractivity contribution in [3.8, 4) is 0 Å². The zero-order valence-corrected chi connectivity index (χ0v) is 10.4. The van der Waals surface area contributed by atoms with Crippen LogP contribution in [0.5, 0.6) is 0 Å². The Morgan fingerprint density at radius 1 is 1.65 bits per heavy atom. The number of pyridine rings is 1. The van der Waals surface area contributed by atoms with Crippen LogP contribution in [-0.4, -0.2) is 28.9 Å². The maximum atomic E-state index is 11.3. The topological polar surface area (TPSA) is 91.2 Å². The molecule has 6 heteroatoms. The van der Waals surface area contributed by atoms with Gasteiger partial charge in [0.05, 0.1) is 23.6 Å². The number of ether oxygens (including phenoxy) is 1. The van der Waals surface area contributed by atoms with Gasteiger partial charge in [0, 0.05) is 11.9 Å². The van der Waals surface area contributed by atoms with Gasteiger partial charge in [0.15, 0.2) is 0 Å². The lowest BCUT2D eigenvalue weighted by molar-refractivity contribution is 0.0996. The average Bonchev–Trinajstić information content (AvgIpc) is 2.67. The Bertz CT molecular complexity index is 439. The number of amides is 1. The van der Waals surface area contributed by atoms with Gasteiger partial charge in [0.1, 0.15) is 5.03 Å². The summed E-state index contributed by atoms with van der Waals surface area (Å²) in [5.74, 6) is -0.501. The molecule has 0 saturated carbocycles. The summed E-state index contributed by atoms with van der Waals surface area (Å²) in [6, 6.07) is 1.57. The van der Waals surface area contributed by atoms with E-state index in [1.165, 1.54) is 18.0 Å². The molecule has 2 atom stereocenters. The van der Waals surface area contributed by atoms with Gasteiger partial charge in [0.2, 0.25) is 0 Å². The predicted molar refractivity (Wildman–Crippen MR) is 66.8 cm³/mol. The first-order valence-electron chi connectivity index (χ1n) is 5.41. The molecule has 0 radical (unpaired) electrons. The molecule has 92 valence electrons. The summed E-state index contributed by atoms with van der Waals surface area (Å²) < 4.78 is 5.47. The van der Waals surface area contributed by atoms with E-state index in [1.807, 2.05) is 6.92 Å². The molecule has 1 aromatic heterocycles. The fraction of sp³-hybridized carbons (Fsp3) is 0.455. The number of nitrogens with two attached hydrogens (primary N) is 2. The van der Waals surface area contributed by atoms with Crippen molar-refractivity contribution in [3.63, 3.8) is 0 Å². The molecule has 0 bridgehead atoms. The number of nitrogens with zero attached hydrogens (tertiary/aromatic N) is 1. The summed E-state index contributed by atoms with van der Waals surface area (Å²) in [7, 11) is 0. The van der Waals surface area contributed by atoms with E-state index in [-0.39, 0.29) is 6.10 Å². The number of thioether (sulfide) groups is 1. The number of hydrogen-bond acceptors (Lipinski definition) is 5. The van der Waals surface area contributed by atoms with E-state index in [4.69, 9.17) is 16.2 Å². The Balaban J connectivity index is 2.22. The van der Waals surface area contributed by atoms with Gasteiger partial charge in [-0.25, -0.2) is 4.98 Å². The van der Waals surface area contributed by atoms with Gasteiger partial charge in [-0.3, -0.25) is 4.79 Å². The van der Waals surface area contributed by atoms with Crippen LogP contribution in [0.2, 0.25) is 0 Å². The summed E-state index contributed by atoms with van der Waals surface area (Å²) in [4.78, 5) is 15.5. The van der Waals surface area contributed by atoms with Gasteiger partial charge in [0.25, 0.3) is 5.91 Å². The molecule has 1 aromatic rings. The van der Waals surface area contributed by atoms with Gasteiger partial charge in [-0.05, 0) is 19.4 Å². The van der Waals surface area contributed by atoms with Crippen molar-refractivity contribution in [1.29, 1.82) is 0 Å².